The summed E-state index contributed by atoms with van der Waals surface area (Å²) < 4.78 is 0. The number of nitrogens with one attached hydrogen (secondary N) is 1. The number of aryl methyl sites for hydroxylation is 2. The Morgan fingerprint density at radius 1 is 1.15 bits per heavy atom. The minimum Gasteiger partial charge on any atom is -0.353 e. The van der Waals surface area contributed by atoms with Gasteiger partial charge < -0.3 is 10.2 Å². The zero-order chi connectivity index (χ0) is 18.5. The summed E-state index contributed by atoms with van der Waals surface area (Å²) in [6.45, 7) is 4.47. The maximum atomic E-state index is 12.6. The first-order valence-electron chi connectivity index (χ1n) is 9.25. The van der Waals surface area contributed by atoms with Crippen LogP contribution >= 0.6 is 0 Å². The number of carbonyl (C=O) groups is 2. The lowest BCUT2D eigenvalue weighted by atomic mass is 10.0. The van der Waals surface area contributed by atoms with E-state index in [-0.39, 0.29) is 30.2 Å². The Labute approximate surface area is 155 Å². The summed E-state index contributed by atoms with van der Waals surface area (Å²) in [7, 11) is 0. The van der Waals surface area contributed by atoms with Crippen LogP contribution in [-0.4, -0.2) is 24.4 Å². The first-order valence-corrected chi connectivity index (χ1v) is 9.25. The Morgan fingerprint density at radius 3 is 2.58 bits per heavy atom. The van der Waals surface area contributed by atoms with Crippen LogP contribution < -0.4 is 10.2 Å². The average Bonchev–Trinajstić information content (AvgIpc) is 3.03. The molecule has 1 heterocycles. The second-order valence-corrected chi connectivity index (χ2v) is 7.13. The molecule has 2 atom stereocenters. The van der Waals surface area contributed by atoms with E-state index in [1.165, 1.54) is 5.56 Å². The van der Waals surface area contributed by atoms with E-state index in [1.807, 2.05) is 56.3 Å². The second kappa shape index (κ2) is 8.17. The highest BCUT2D eigenvalue weighted by Gasteiger charge is 2.35. The van der Waals surface area contributed by atoms with Crippen molar-refractivity contribution < 1.29 is 9.59 Å². The van der Waals surface area contributed by atoms with Crippen molar-refractivity contribution in [3.05, 3.63) is 65.7 Å². The standard InChI is InChI=1S/C22H26N2O2/c1-16-8-6-7-11-20(16)24-15-19(14-21(24)25)22(26)23-17(2)12-13-18-9-4-3-5-10-18/h3-11,17,19H,12-15H2,1-2H3,(H,23,26)/t17-,19+/m0/s1. The van der Waals surface area contributed by atoms with E-state index in [1.54, 1.807) is 4.90 Å². The van der Waals surface area contributed by atoms with E-state index < -0.39 is 0 Å². The van der Waals surface area contributed by atoms with Gasteiger partial charge in [0.05, 0.1) is 5.92 Å². The summed E-state index contributed by atoms with van der Waals surface area (Å²) in [6.07, 6.45) is 2.10. The fourth-order valence-electron chi connectivity index (χ4n) is 3.44. The largest absolute Gasteiger partial charge is 0.353 e. The van der Waals surface area contributed by atoms with Gasteiger partial charge in [0, 0.05) is 24.7 Å². The molecule has 0 unspecified atom stereocenters. The molecule has 0 bridgehead atoms. The number of rotatable bonds is 6. The molecule has 0 aromatic heterocycles. The van der Waals surface area contributed by atoms with E-state index in [0.717, 1.165) is 24.1 Å². The molecule has 3 rings (SSSR count). The zero-order valence-electron chi connectivity index (χ0n) is 15.4. The molecule has 0 saturated carbocycles. The lowest BCUT2D eigenvalue weighted by molar-refractivity contribution is -0.126. The van der Waals surface area contributed by atoms with Crippen molar-refractivity contribution in [1.29, 1.82) is 0 Å². The molecule has 1 fully saturated rings. The van der Waals surface area contributed by atoms with Crippen molar-refractivity contribution in [2.24, 2.45) is 5.92 Å². The number of hydrogen-bond donors (Lipinski definition) is 1. The van der Waals surface area contributed by atoms with Crippen LogP contribution in [0.2, 0.25) is 0 Å². The molecular weight excluding hydrogens is 324 g/mol. The summed E-state index contributed by atoms with van der Waals surface area (Å²) in [5.41, 5.74) is 3.23. The molecule has 26 heavy (non-hydrogen) atoms. The van der Waals surface area contributed by atoms with E-state index >= 15 is 0 Å². The van der Waals surface area contributed by atoms with Crippen molar-refractivity contribution in [2.45, 2.75) is 39.2 Å². The lowest BCUT2D eigenvalue weighted by Crippen LogP contribution is -2.38. The summed E-state index contributed by atoms with van der Waals surface area (Å²) in [5, 5.41) is 3.08. The molecule has 0 radical (unpaired) electrons. The third kappa shape index (κ3) is 4.31. The van der Waals surface area contributed by atoms with Crippen molar-refractivity contribution in [3.8, 4) is 0 Å². The summed E-state index contributed by atoms with van der Waals surface area (Å²) in [4.78, 5) is 26.7. The van der Waals surface area contributed by atoms with Crippen LogP contribution in [-0.2, 0) is 16.0 Å². The number of amides is 2. The van der Waals surface area contributed by atoms with Gasteiger partial charge in [-0.1, -0.05) is 48.5 Å². The number of para-hydroxylation sites is 1. The first kappa shape index (κ1) is 18.2. The predicted octanol–water partition coefficient (Wildman–Crippen LogP) is 3.49. The van der Waals surface area contributed by atoms with Gasteiger partial charge in [-0.15, -0.1) is 0 Å². The van der Waals surface area contributed by atoms with E-state index in [2.05, 4.69) is 17.4 Å². The normalized spacial score (nSPS) is 18.0. The molecule has 4 nitrogen and oxygen atoms in total. The van der Waals surface area contributed by atoms with Crippen LogP contribution in [0, 0.1) is 12.8 Å². The van der Waals surface area contributed by atoms with Gasteiger partial charge in [-0.2, -0.15) is 0 Å². The molecule has 1 aliphatic rings. The minimum atomic E-state index is -0.277. The number of nitrogens with zero attached hydrogens (tertiary/aromatic N) is 1. The van der Waals surface area contributed by atoms with Crippen LogP contribution in [0.4, 0.5) is 5.69 Å². The highest BCUT2D eigenvalue weighted by Crippen LogP contribution is 2.27. The van der Waals surface area contributed by atoms with Gasteiger partial charge in [0.2, 0.25) is 11.8 Å². The maximum Gasteiger partial charge on any atom is 0.227 e. The molecule has 2 amide bonds. The molecule has 2 aromatic carbocycles. The van der Waals surface area contributed by atoms with Gasteiger partial charge in [0.1, 0.15) is 0 Å². The van der Waals surface area contributed by atoms with Gasteiger partial charge in [-0.3, -0.25) is 9.59 Å². The monoisotopic (exact) mass is 350 g/mol. The highest BCUT2D eigenvalue weighted by atomic mass is 16.2. The Hall–Kier alpha value is -2.62. The highest BCUT2D eigenvalue weighted by molar-refractivity contribution is 6.00. The van der Waals surface area contributed by atoms with Crippen molar-refractivity contribution in [2.75, 3.05) is 11.4 Å². The topological polar surface area (TPSA) is 49.4 Å². The van der Waals surface area contributed by atoms with Crippen molar-refractivity contribution >= 4 is 17.5 Å². The van der Waals surface area contributed by atoms with Gasteiger partial charge in [0.25, 0.3) is 0 Å². The molecule has 0 aliphatic carbocycles. The van der Waals surface area contributed by atoms with Crippen molar-refractivity contribution in [1.82, 2.24) is 5.32 Å². The summed E-state index contributed by atoms with van der Waals surface area (Å²) >= 11 is 0. The quantitative estimate of drug-likeness (QED) is 0.867. The smallest absolute Gasteiger partial charge is 0.227 e. The second-order valence-electron chi connectivity index (χ2n) is 7.13. The SMILES string of the molecule is Cc1ccccc1N1C[C@H](C(=O)N[C@@H](C)CCc2ccccc2)CC1=O. The molecule has 1 N–H and O–H groups in total. The van der Waals surface area contributed by atoms with E-state index in [9.17, 15) is 9.59 Å². The van der Waals surface area contributed by atoms with Crippen LogP contribution in [0.15, 0.2) is 54.6 Å². The van der Waals surface area contributed by atoms with Crippen LogP contribution in [0.3, 0.4) is 0 Å². The van der Waals surface area contributed by atoms with Crippen LogP contribution in [0.25, 0.3) is 0 Å². The summed E-state index contributed by atoms with van der Waals surface area (Å²) in [5.74, 6) is -0.271. The Bertz CT molecular complexity index is 773. The fourth-order valence-corrected chi connectivity index (χ4v) is 3.44. The third-order valence-corrected chi connectivity index (χ3v) is 5.00. The Morgan fingerprint density at radius 2 is 1.85 bits per heavy atom. The Kier molecular flexibility index (Phi) is 5.71. The van der Waals surface area contributed by atoms with E-state index in [0.29, 0.717) is 6.54 Å². The molecule has 1 saturated heterocycles. The number of anilines is 1. The van der Waals surface area contributed by atoms with Gasteiger partial charge in [-0.05, 0) is 43.9 Å². The van der Waals surface area contributed by atoms with Gasteiger partial charge in [-0.25, -0.2) is 0 Å². The fraction of sp³-hybridized carbons (Fsp3) is 0.364. The molecule has 2 aromatic rings. The number of hydrogen-bond acceptors (Lipinski definition) is 2. The molecule has 136 valence electrons. The maximum absolute atomic E-state index is 12.6. The van der Waals surface area contributed by atoms with Crippen LogP contribution in [0.5, 0.6) is 0 Å². The average molecular weight is 350 g/mol. The third-order valence-electron chi connectivity index (χ3n) is 5.00. The van der Waals surface area contributed by atoms with Crippen molar-refractivity contribution in [3.63, 3.8) is 0 Å². The number of benzene rings is 2. The molecule has 1 aliphatic heterocycles. The molecule has 4 heteroatoms. The zero-order valence-corrected chi connectivity index (χ0v) is 15.4. The Balaban J connectivity index is 1.54. The van der Waals surface area contributed by atoms with E-state index in [4.69, 9.17) is 0 Å². The van der Waals surface area contributed by atoms with Gasteiger partial charge >= 0.3 is 0 Å². The predicted molar refractivity (Wildman–Crippen MR) is 104 cm³/mol. The summed E-state index contributed by atoms with van der Waals surface area (Å²) in [6, 6.07) is 18.2. The number of carbonyl (C=O) groups excluding carboxylic acids is 2. The van der Waals surface area contributed by atoms with Crippen LogP contribution in [0.1, 0.15) is 30.9 Å². The first-order chi connectivity index (χ1) is 12.5. The minimum absolute atomic E-state index is 0.0185. The molecular formula is C22H26N2O2. The molecule has 0 spiro atoms. The van der Waals surface area contributed by atoms with Gasteiger partial charge in [0.15, 0.2) is 0 Å². The lowest BCUT2D eigenvalue weighted by Gasteiger charge is -2.20.